The number of piperidine rings is 1. The van der Waals surface area contributed by atoms with E-state index in [4.69, 9.17) is 27.6 Å². The van der Waals surface area contributed by atoms with E-state index in [2.05, 4.69) is 14.7 Å². The van der Waals surface area contributed by atoms with Crippen molar-refractivity contribution in [2.75, 3.05) is 23.7 Å². The summed E-state index contributed by atoms with van der Waals surface area (Å²) in [5, 5.41) is 0.507. The summed E-state index contributed by atoms with van der Waals surface area (Å²) in [5.41, 5.74) is 1.55. The molecule has 0 bridgehead atoms. The van der Waals surface area contributed by atoms with Gasteiger partial charge in [0, 0.05) is 36.5 Å². The quantitative estimate of drug-likeness (QED) is 0.390. The average Bonchev–Trinajstić information content (AvgIpc) is 3.49. The summed E-state index contributed by atoms with van der Waals surface area (Å²) in [4.78, 5) is 24.4. The van der Waals surface area contributed by atoms with E-state index in [1.165, 1.54) is 17.4 Å². The van der Waals surface area contributed by atoms with Crippen LogP contribution in [0.5, 0.6) is 0 Å². The second-order valence-corrected chi connectivity index (χ2v) is 12.4. The predicted molar refractivity (Wildman–Crippen MR) is 144 cm³/mol. The number of rotatable bonds is 8. The lowest BCUT2D eigenvalue weighted by molar-refractivity contribution is -0.123. The number of sulfonamides is 1. The number of carbonyl (C=O) groups is 1. The number of nitrogens with zero attached hydrogens (tertiary/aromatic N) is 3. The Kier molecular flexibility index (Phi) is 8.39. The highest BCUT2D eigenvalue weighted by Crippen LogP contribution is 2.35. The van der Waals surface area contributed by atoms with Crippen LogP contribution in [-0.4, -0.2) is 43.1 Å². The molecule has 0 radical (unpaired) electrons. The third kappa shape index (κ3) is 6.29. The Morgan fingerprint density at radius 3 is 2.64 bits per heavy atom. The van der Waals surface area contributed by atoms with Crippen LogP contribution in [0.15, 0.2) is 35.0 Å². The van der Waals surface area contributed by atoms with Gasteiger partial charge in [-0.15, -0.1) is 11.3 Å². The summed E-state index contributed by atoms with van der Waals surface area (Å²) in [6, 6.07) is 3.54. The van der Waals surface area contributed by atoms with Crippen molar-refractivity contribution in [3.8, 4) is 11.5 Å². The molecule has 1 saturated heterocycles. The van der Waals surface area contributed by atoms with Gasteiger partial charge in [-0.25, -0.2) is 18.4 Å². The fourth-order valence-corrected chi connectivity index (χ4v) is 6.11. The van der Waals surface area contributed by atoms with Crippen molar-refractivity contribution in [2.24, 2.45) is 5.92 Å². The van der Waals surface area contributed by atoms with Crippen molar-refractivity contribution < 1.29 is 17.6 Å². The molecule has 1 fully saturated rings. The normalized spacial score (nSPS) is 15.1. The molecule has 4 heterocycles. The highest BCUT2D eigenvalue weighted by molar-refractivity contribution is 7.90. The molecular weight excluding hydrogens is 543 g/mol. The Labute approximate surface area is 224 Å². The molecule has 3 aromatic rings. The maximum atomic E-state index is 12.6. The molecule has 12 heteroatoms. The maximum Gasteiger partial charge on any atom is 0.238 e. The molecule has 0 saturated carbocycles. The van der Waals surface area contributed by atoms with Gasteiger partial charge in [0.2, 0.25) is 21.8 Å². The smallest absolute Gasteiger partial charge is 0.238 e. The van der Waals surface area contributed by atoms with Crippen molar-refractivity contribution in [3.63, 3.8) is 0 Å². The molecule has 0 aromatic carbocycles. The van der Waals surface area contributed by atoms with Crippen molar-refractivity contribution in [2.45, 2.75) is 33.1 Å². The fraction of sp³-hybridized carbons (Fsp3) is 0.375. The lowest BCUT2D eigenvalue weighted by Crippen LogP contribution is -2.43. The Bertz CT molecular complexity index is 1380. The first-order valence-electron chi connectivity index (χ1n) is 11.5. The van der Waals surface area contributed by atoms with Crippen LogP contribution in [0, 0.1) is 12.8 Å². The van der Waals surface area contributed by atoms with Gasteiger partial charge in [0.1, 0.15) is 11.6 Å². The van der Waals surface area contributed by atoms with Crippen LogP contribution in [0.1, 0.15) is 36.0 Å². The first kappa shape index (κ1) is 26.7. The molecule has 192 valence electrons. The van der Waals surface area contributed by atoms with Gasteiger partial charge in [-0.2, -0.15) is 0 Å². The second-order valence-electron chi connectivity index (χ2n) is 8.47. The van der Waals surface area contributed by atoms with Gasteiger partial charge in [-0.3, -0.25) is 9.52 Å². The summed E-state index contributed by atoms with van der Waals surface area (Å²) >= 11 is 13.9. The summed E-state index contributed by atoms with van der Waals surface area (Å²) in [6.45, 7) is 4.94. The first-order valence-corrected chi connectivity index (χ1v) is 14.7. The molecular formula is C24H26Cl2N4O4S2. The van der Waals surface area contributed by atoms with E-state index in [9.17, 15) is 13.2 Å². The van der Waals surface area contributed by atoms with Crippen LogP contribution in [0.2, 0.25) is 9.36 Å². The number of anilines is 1. The Morgan fingerprint density at radius 1 is 1.25 bits per heavy atom. The molecule has 1 amide bonds. The van der Waals surface area contributed by atoms with E-state index < -0.39 is 21.8 Å². The van der Waals surface area contributed by atoms with Crippen molar-refractivity contribution in [1.82, 2.24) is 14.7 Å². The SMILES string of the molecule is CCc1cnc(-c2cnc(N3CCC(C(=O)NS(=O)(=O)CC=Cc4ccc(Cl)s4)CC3)c(Cl)c2C)o1. The first-order chi connectivity index (χ1) is 17.2. The fourth-order valence-electron chi connectivity index (χ4n) is 3.94. The average molecular weight is 570 g/mol. The number of amides is 1. The van der Waals surface area contributed by atoms with Crippen LogP contribution in [0.3, 0.4) is 0 Å². The third-order valence-electron chi connectivity index (χ3n) is 5.99. The van der Waals surface area contributed by atoms with Gasteiger partial charge < -0.3 is 9.32 Å². The molecule has 1 N–H and O–H groups in total. The second kappa shape index (κ2) is 11.3. The number of oxazole rings is 1. The van der Waals surface area contributed by atoms with Gasteiger partial charge in [0.05, 0.1) is 26.9 Å². The zero-order valence-corrected chi connectivity index (χ0v) is 23.0. The van der Waals surface area contributed by atoms with E-state index >= 15 is 0 Å². The summed E-state index contributed by atoms with van der Waals surface area (Å²) in [7, 11) is -3.78. The maximum absolute atomic E-state index is 12.6. The molecule has 4 rings (SSSR count). The molecule has 1 aliphatic rings. The Hall–Kier alpha value is -2.40. The van der Waals surface area contributed by atoms with Crippen LogP contribution in [-0.2, 0) is 21.2 Å². The number of pyridine rings is 1. The zero-order valence-electron chi connectivity index (χ0n) is 19.8. The van der Waals surface area contributed by atoms with Crippen LogP contribution in [0.4, 0.5) is 5.82 Å². The lowest BCUT2D eigenvalue weighted by atomic mass is 9.96. The summed E-state index contributed by atoms with van der Waals surface area (Å²) in [5.74, 6) is 0.720. The Balaban J connectivity index is 1.34. The monoisotopic (exact) mass is 568 g/mol. The highest BCUT2D eigenvalue weighted by atomic mass is 35.5. The predicted octanol–water partition coefficient (Wildman–Crippen LogP) is 5.35. The van der Waals surface area contributed by atoms with Crippen LogP contribution >= 0.6 is 34.5 Å². The van der Waals surface area contributed by atoms with Gasteiger partial charge in [0.15, 0.2) is 0 Å². The van der Waals surface area contributed by atoms with Gasteiger partial charge in [-0.05, 0) is 43.5 Å². The zero-order chi connectivity index (χ0) is 25.9. The molecule has 3 aromatic heterocycles. The molecule has 8 nitrogen and oxygen atoms in total. The van der Waals surface area contributed by atoms with Crippen molar-refractivity contribution >= 4 is 62.4 Å². The van der Waals surface area contributed by atoms with Crippen LogP contribution < -0.4 is 9.62 Å². The molecule has 1 aliphatic heterocycles. The van der Waals surface area contributed by atoms with Crippen LogP contribution in [0.25, 0.3) is 17.5 Å². The molecule has 0 atom stereocenters. The minimum atomic E-state index is -3.78. The van der Waals surface area contributed by atoms with Gasteiger partial charge in [-0.1, -0.05) is 36.2 Å². The number of carbonyl (C=O) groups excluding carboxylic acids is 1. The number of hydrogen-bond donors (Lipinski definition) is 1. The van der Waals surface area contributed by atoms with Gasteiger partial charge >= 0.3 is 0 Å². The number of hydrogen-bond acceptors (Lipinski definition) is 8. The topological polar surface area (TPSA) is 105 Å². The molecule has 0 unspecified atom stereocenters. The molecule has 36 heavy (non-hydrogen) atoms. The van der Waals surface area contributed by atoms with Crippen molar-refractivity contribution in [3.05, 3.63) is 56.2 Å². The van der Waals surface area contributed by atoms with E-state index in [1.54, 1.807) is 30.6 Å². The van der Waals surface area contributed by atoms with E-state index in [1.807, 2.05) is 18.7 Å². The minimum absolute atomic E-state index is 0.289. The summed E-state index contributed by atoms with van der Waals surface area (Å²) < 4.78 is 33.3. The number of halogens is 2. The highest BCUT2D eigenvalue weighted by Gasteiger charge is 2.29. The van der Waals surface area contributed by atoms with E-state index in [0.29, 0.717) is 47.0 Å². The Morgan fingerprint density at radius 2 is 2.00 bits per heavy atom. The molecule has 0 spiro atoms. The minimum Gasteiger partial charge on any atom is -0.441 e. The standard InChI is InChI=1S/C24H26Cl2N4O4S2/c1-3-17-13-28-24(34-17)19-14-27-22(21(26)15(19)2)30-10-8-16(9-11-30)23(31)29-36(32,33)12-4-5-18-6-7-20(25)35-18/h4-7,13-14,16H,3,8-12H2,1-2H3,(H,29,31). The van der Waals surface area contributed by atoms with E-state index in [-0.39, 0.29) is 5.75 Å². The van der Waals surface area contributed by atoms with E-state index in [0.717, 1.165) is 28.2 Å². The van der Waals surface area contributed by atoms with Gasteiger partial charge in [0.25, 0.3) is 0 Å². The number of thiophene rings is 1. The number of aryl methyl sites for hydroxylation is 1. The van der Waals surface area contributed by atoms with Crippen molar-refractivity contribution in [1.29, 1.82) is 0 Å². The summed E-state index contributed by atoms with van der Waals surface area (Å²) in [6.07, 6.45) is 8.30. The third-order valence-corrected chi connectivity index (χ3v) is 8.78. The number of nitrogens with one attached hydrogen (secondary N) is 1. The largest absolute Gasteiger partial charge is 0.441 e. The lowest BCUT2D eigenvalue weighted by Gasteiger charge is -2.32. The number of aromatic nitrogens is 2. The molecule has 0 aliphatic carbocycles.